The van der Waals surface area contributed by atoms with Gasteiger partial charge in [0.15, 0.2) is 0 Å². The van der Waals surface area contributed by atoms with Crippen LogP contribution in [0.4, 0.5) is 11.5 Å². The average molecular weight is 388 g/mol. The molecule has 1 aromatic carbocycles. The minimum Gasteiger partial charge on any atom is -0.399 e. The highest BCUT2D eigenvalue weighted by Gasteiger charge is 2.56. The number of nitrogens with two attached hydrogens (primary N) is 1. The van der Waals surface area contributed by atoms with E-state index in [9.17, 15) is 4.79 Å². The number of amides is 1. The van der Waals surface area contributed by atoms with Crippen LogP contribution in [0.25, 0.3) is 22.4 Å². The van der Waals surface area contributed by atoms with Gasteiger partial charge in [-0.15, -0.1) is 0 Å². The zero-order chi connectivity index (χ0) is 19.6. The van der Waals surface area contributed by atoms with Crippen molar-refractivity contribution in [1.29, 1.82) is 0 Å². The quantitative estimate of drug-likeness (QED) is 0.596. The van der Waals surface area contributed by atoms with E-state index in [1.165, 1.54) is 19.3 Å². The predicted octanol–water partition coefficient (Wildman–Crippen LogP) is 3.78. The van der Waals surface area contributed by atoms with Crippen molar-refractivity contribution in [3.05, 3.63) is 36.5 Å². The van der Waals surface area contributed by atoms with Gasteiger partial charge in [-0.1, -0.05) is 0 Å². The highest BCUT2D eigenvalue weighted by molar-refractivity contribution is 5.95. The zero-order valence-corrected chi connectivity index (χ0v) is 16.4. The molecule has 4 saturated carbocycles. The van der Waals surface area contributed by atoms with Gasteiger partial charge in [0.2, 0.25) is 0 Å². The molecule has 7 rings (SSSR count). The van der Waals surface area contributed by atoms with Crippen LogP contribution in [-0.4, -0.2) is 15.9 Å². The van der Waals surface area contributed by atoms with Gasteiger partial charge in [0.05, 0.1) is 11.5 Å². The van der Waals surface area contributed by atoms with E-state index in [1.807, 2.05) is 36.5 Å². The number of H-pyrrole nitrogens is 2. The molecule has 2 aromatic heterocycles. The summed E-state index contributed by atoms with van der Waals surface area (Å²) in [5.74, 6) is 3.97. The number of aromatic nitrogens is 3. The molecular formula is C23H26N5O+. The molecule has 0 aliphatic heterocycles. The van der Waals surface area contributed by atoms with Crippen LogP contribution in [0.1, 0.15) is 38.5 Å². The van der Waals surface area contributed by atoms with Crippen LogP contribution in [0.15, 0.2) is 36.5 Å². The normalized spacial score (nSPS) is 30.0. The first kappa shape index (κ1) is 17.0. The van der Waals surface area contributed by atoms with E-state index < -0.39 is 0 Å². The van der Waals surface area contributed by atoms with Crippen molar-refractivity contribution in [2.75, 3.05) is 11.1 Å². The van der Waals surface area contributed by atoms with Gasteiger partial charge >= 0.3 is 5.91 Å². The Kier molecular flexibility index (Phi) is 3.55. The van der Waals surface area contributed by atoms with Gasteiger partial charge in [-0.25, -0.2) is 20.1 Å². The molecule has 2 heterocycles. The van der Waals surface area contributed by atoms with Crippen molar-refractivity contribution >= 4 is 28.4 Å². The van der Waals surface area contributed by atoms with Crippen LogP contribution in [-0.2, 0) is 4.79 Å². The Labute approximate surface area is 169 Å². The maximum absolute atomic E-state index is 13.3. The van der Waals surface area contributed by atoms with Crippen molar-refractivity contribution < 1.29 is 9.78 Å². The number of nitrogens with one attached hydrogen (secondary N) is 3. The number of carbonyl (C=O) groups excluding carboxylic acids is 1. The lowest BCUT2D eigenvalue weighted by molar-refractivity contribution is -0.358. The van der Waals surface area contributed by atoms with Crippen molar-refractivity contribution in [2.24, 2.45) is 23.2 Å². The lowest BCUT2D eigenvalue weighted by atomic mass is 9.49. The summed E-state index contributed by atoms with van der Waals surface area (Å²) in [5, 5.41) is 3.18. The summed E-state index contributed by atoms with van der Waals surface area (Å²) >= 11 is 0. The molecule has 0 radical (unpaired) electrons. The molecule has 4 fully saturated rings. The monoisotopic (exact) mass is 388 g/mol. The van der Waals surface area contributed by atoms with E-state index in [4.69, 9.17) is 10.7 Å². The third-order valence-corrected chi connectivity index (χ3v) is 7.37. The molecule has 4 bridgehead atoms. The van der Waals surface area contributed by atoms with E-state index in [2.05, 4.69) is 15.3 Å². The molecule has 6 nitrogen and oxygen atoms in total. The van der Waals surface area contributed by atoms with E-state index in [-0.39, 0.29) is 11.3 Å². The molecule has 0 atom stereocenters. The highest BCUT2D eigenvalue weighted by atomic mass is 16.2. The molecular weight excluding hydrogens is 362 g/mol. The number of anilines is 2. The highest BCUT2D eigenvalue weighted by Crippen LogP contribution is 2.60. The summed E-state index contributed by atoms with van der Waals surface area (Å²) in [4.78, 5) is 24.5. The maximum Gasteiger partial charge on any atom is 0.313 e. The average Bonchev–Trinajstić information content (AvgIpc) is 3.11. The number of hydrogen-bond donors (Lipinski definition) is 3. The minimum atomic E-state index is -0.155. The van der Waals surface area contributed by atoms with Crippen molar-refractivity contribution in [2.45, 2.75) is 38.5 Å². The third-order valence-electron chi connectivity index (χ3n) is 7.37. The summed E-state index contributed by atoms with van der Waals surface area (Å²) in [6.45, 7) is 0. The zero-order valence-electron chi connectivity index (χ0n) is 16.4. The molecule has 0 spiro atoms. The second kappa shape index (κ2) is 6.05. The smallest absolute Gasteiger partial charge is 0.313 e. The second-order valence-corrected chi connectivity index (χ2v) is 9.51. The first-order chi connectivity index (χ1) is 14.1. The van der Waals surface area contributed by atoms with Gasteiger partial charge < -0.3 is 10.7 Å². The largest absolute Gasteiger partial charge is 0.399 e. The number of carbonyl (C=O) groups is 1. The molecule has 1 amide bonds. The number of pyridine rings is 1. The minimum absolute atomic E-state index is 0.155. The van der Waals surface area contributed by atoms with Gasteiger partial charge in [-0.05, 0) is 80.5 Å². The summed E-state index contributed by atoms with van der Waals surface area (Å²) in [5.41, 5.74) is 9.07. The molecule has 4 aliphatic rings. The number of hydrogen-bond acceptors (Lipinski definition) is 3. The molecule has 5 N–H and O–H groups in total. The molecule has 148 valence electrons. The fourth-order valence-electron chi connectivity index (χ4n) is 6.44. The summed E-state index contributed by atoms with van der Waals surface area (Å²) < 4.78 is 0. The van der Waals surface area contributed by atoms with Crippen LogP contribution in [0.3, 0.4) is 0 Å². The molecule has 3 aromatic rings. The number of rotatable bonds is 3. The summed E-state index contributed by atoms with van der Waals surface area (Å²) in [7, 11) is 0. The van der Waals surface area contributed by atoms with Gasteiger partial charge in [0.25, 0.3) is 5.82 Å². The number of benzene rings is 1. The Morgan fingerprint density at radius 1 is 1.10 bits per heavy atom. The first-order valence-electron chi connectivity index (χ1n) is 10.7. The topological polar surface area (TPSA) is 97.9 Å². The van der Waals surface area contributed by atoms with Crippen LogP contribution in [0.2, 0.25) is 0 Å². The van der Waals surface area contributed by atoms with Gasteiger partial charge in [-0.3, -0.25) is 0 Å². The van der Waals surface area contributed by atoms with E-state index in [0.29, 0.717) is 5.82 Å². The second-order valence-electron chi connectivity index (χ2n) is 9.51. The lowest BCUT2D eigenvalue weighted by Gasteiger charge is -2.54. The molecule has 0 saturated heterocycles. The van der Waals surface area contributed by atoms with E-state index in [0.717, 1.165) is 65.1 Å². The van der Waals surface area contributed by atoms with Crippen molar-refractivity contribution in [3.8, 4) is 11.4 Å². The summed E-state index contributed by atoms with van der Waals surface area (Å²) in [6, 6.07) is 9.56. The SMILES string of the molecule is Nc1ccc(-c2nc3cc(NC(=O)C45CC6CC(CC(C6)C4)C5)[nH+]cc3[nH]2)cc1. The molecule has 0 unspecified atom stereocenters. The first-order valence-corrected chi connectivity index (χ1v) is 10.7. The van der Waals surface area contributed by atoms with Crippen LogP contribution in [0.5, 0.6) is 0 Å². The number of aromatic amines is 2. The van der Waals surface area contributed by atoms with Crippen molar-refractivity contribution in [1.82, 2.24) is 9.97 Å². The summed E-state index contributed by atoms with van der Waals surface area (Å²) in [6.07, 6.45) is 9.09. The predicted molar refractivity (Wildman–Crippen MR) is 112 cm³/mol. The van der Waals surface area contributed by atoms with Gasteiger partial charge in [0.1, 0.15) is 23.1 Å². The molecule has 6 heteroatoms. The third kappa shape index (κ3) is 2.81. The Morgan fingerprint density at radius 3 is 2.41 bits per heavy atom. The Morgan fingerprint density at radius 2 is 1.76 bits per heavy atom. The molecule has 4 aliphatic carbocycles. The fraction of sp³-hybridized carbons (Fsp3) is 0.435. The van der Waals surface area contributed by atoms with Crippen molar-refractivity contribution in [3.63, 3.8) is 0 Å². The van der Waals surface area contributed by atoms with E-state index >= 15 is 0 Å². The number of nitrogens with zero attached hydrogens (tertiary/aromatic N) is 1. The van der Waals surface area contributed by atoms with Crippen LogP contribution >= 0.6 is 0 Å². The van der Waals surface area contributed by atoms with Crippen LogP contribution in [0, 0.1) is 23.2 Å². The number of imidazole rings is 1. The maximum atomic E-state index is 13.3. The number of fused-ring (bicyclic) bond motifs is 1. The van der Waals surface area contributed by atoms with Gasteiger partial charge in [0, 0.05) is 11.3 Å². The Hall–Kier alpha value is -2.89. The standard InChI is InChI=1S/C23H25N5O/c24-17-3-1-16(2-4-17)21-26-18-8-20(25-12-19(18)27-21)28-22(29)23-9-13-5-14(10-23)7-15(6-13)11-23/h1-4,8,12-15H,5-7,9-11,24H2,(H,26,27)(H,25,28,29)/p+1. The lowest BCUT2D eigenvalue weighted by Crippen LogP contribution is -2.52. The van der Waals surface area contributed by atoms with Crippen LogP contribution < -0.4 is 16.0 Å². The van der Waals surface area contributed by atoms with E-state index in [1.54, 1.807) is 0 Å². The molecule has 29 heavy (non-hydrogen) atoms. The fourth-order valence-corrected chi connectivity index (χ4v) is 6.44. The Balaban J connectivity index is 1.26. The Bertz CT molecular complexity index is 1060. The van der Waals surface area contributed by atoms with Gasteiger partial charge in [-0.2, -0.15) is 0 Å². The number of nitrogen functional groups attached to an aromatic ring is 1.